The molecule has 2 aromatic rings. The number of carbonyl (C=O) groups is 1. The van der Waals surface area contributed by atoms with E-state index in [1.165, 1.54) is 0 Å². The van der Waals surface area contributed by atoms with Crippen LogP contribution in [0.1, 0.15) is 11.1 Å². The van der Waals surface area contributed by atoms with Crippen LogP contribution in [0.3, 0.4) is 0 Å². The minimum Gasteiger partial charge on any atom is -0.399 e. The van der Waals surface area contributed by atoms with Gasteiger partial charge in [0.25, 0.3) is 5.60 Å². The van der Waals surface area contributed by atoms with Gasteiger partial charge in [-0.2, -0.15) is 26.3 Å². The normalized spacial score (nSPS) is 12.7. The Morgan fingerprint density at radius 1 is 0.889 bits per heavy atom. The summed E-state index contributed by atoms with van der Waals surface area (Å²) < 4.78 is 76.9. The fourth-order valence-electron chi connectivity index (χ4n) is 2.31. The summed E-state index contributed by atoms with van der Waals surface area (Å²) in [6, 6.07) is 8.96. The monoisotopic (exact) mass is 392 g/mol. The van der Waals surface area contributed by atoms with Gasteiger partial charge in [-0.25, -0.2) is 0 Å². The Morgan fingerprint density at radius 3 is 1.81 bits per heavy atom. The van der Waals surface area contributed by atoms with Crippen molar-refractivity contribution < 1.29 is 36.2 Å². The zero-order valence-electron chi connectivity index (χ0n) is 13.5. The molecule has 0 spiro atoms. The maximum atomic E-state index is 12.8. The molecule has 0 radical (unpaired) electrons. The zero-order valence-corrected chi connectivity index (χ0v) is 13.5. The van der Waals surface area contributed by atoms with Crippen LogP contribution < -0.4 is 11.1 Å². The Kier molecular flexibility index (Phi) is 5.41. The number of aliphatic hydroxyl groups is 1. The summed E-state index contributed by atoms with van der Waals surface area (Å²) in [6.07, 6.45) is -12.0. The van der Waals surface area contributed by atoms with Crippen molar-refractivity contribution >= 4 is 17.3 Å². The minimum absolute atomic E-state index is 0.0223. The lowest BCUT2D eigenvalue weighted by molar-refractivity contribution is -0.376. The summed E-state index contributed by atoms with van der Waals surface area (Å²) >= 11 is 0. The van der Waals surface area contributed by atoms with Crippen LogP contribution in [0.5, 0.6) is 0 Å². The Morgan fingerprint density at radius 2 is 1.37 bits per heavy atom. The van der Waals surface area contributed by atoms with Crippen LogP contribution in [0.25, 0.3) is 0 Å². The number of carbonyl (C=O) groups excluding carboxylic acids is 1. The first-order chi connectivity index (χ1) is 12.3. The van der Waals surface area contributed by atoms with Gasteiger partial charge >= 0.3 is 12.4 Å². The molecule has 146 valence electrons. The number of nitrogens with two attached hydrogens (primary N) is 1. The van der Waals surface area contributed by atoms with Crippen LogP contribution in [0, 0.1) is 0 Å². The van der Waals surface area contributed by atoms with E-state index in [1.807, 2.05) is 0 Å². The molecule has 1 amide bonds. The van der Waals surface area contributed by atoms with Gasteiger partial charge in [0.15, 0.2) is 0 Å². The second-order valence-corrected chi connectivity index (χ2v) is 5.75. The molecule has 2 aromatic carbocycles. The molecule has 0 fully saturated rings. The maximum absolute atomic E-state index is 12.8. The number of rotatable bonds is 4. The molecule has 0 aliphatic carbocycles. The average Bonchev–Trinajstić information content (AvgIpc) is 2.55. The molecule has 0 bridgehead atoms. The van der Waals surface area contributed by atoms with Gasteiger partial charge < -0.3 is 16.2 Å². The molecule has 0 atom stereocenters. The van der Waals surface area contributed by atoms with Crippen LogP contribution >= 0.6 is 0 Å². The molecule has 0 heterocycles. The van der Waals surface area contributed by atoms with Gasteiger partial charge in [0.1, 0.15) is 0 Å². The first-order valence-electron chi connectivity index (χ1n) is 7.45. The number of hydrogen-bond donors (Lipinski definition) is 3. The molecule has 0 aliphatic rings. The molecule has 0 aromatic heterocycles. The Labute approximate surface area is 149 Å². The molecule has 0 saturated carbocycles. The van der Waals surface area contributed by atoms with Crippen LogP contribution in [0.4, 0.5) is 37.7 Å². The third kappa shape index (κ3) is 4.33. The number of nitrogens with one attached hydrogen (secondary N) is 1. The smallest absolute Gasteiger partial charge is 0.399 e. The Hall–Kier alpha value is -2.75. The summed E-state index contributed by atoms with van der Waals surface area (Å²) in [6.45, 7) is 0. The van der Waals surface area contributed by atoms with Gasteiger partial charge in [-0.1, -0.05) is 24.3 Å². The predicted octanol–water partition coefficient (Wildman–Crippen LogP) is 3.76. The van der Waals surface area contributed by atoms with E-state index in [-0.39, 0.29) is 12.1 Å². The highest BCUT2D eigenvalue weighted by Crippen LogP contribution is 2.50. The molecule has 0 aliphatic heterocycles. The van der Waals surface area contributed by atoms with Crippen LogP contribution in [0.2, 0.25) is 0 Å². The molecule has 0 saturated heterocycles. The standard InChI is InChI=1S/C17H14F6N2O2/c18-16(19,20)15(27,17(21,22)23)11-3-7-13(8-4-11)25-14(26)9-10-1-5-12(24)6-2-10/h1-8,27H,9,24H2,(H,25,26). The number of alkyl halides is 6. The molecule has 0 unspecified atom stereocenters. The van der Waals surface area contributed by atoms with Crippen LogP contribution in [-0.4, -0.2) is 23.4 Å². The first kappa shape index (κ1) is 20.6. The fraction of sp³-hybridized carbons (Fsp3) is 0.235. The van der Waals surface area contributed by atoms with Crippen molar-refractivity contribution in [2.45, 2.75) is 24.4 Å². The highest BCUT2D eigenvalue weighted by molar-refractivity contribution is 5.92. The molecular formula is C17H14F6N2O2. The Balaban J connectivity index is 2.16. The fourth-order valence-corrected chi connectivity index (χ4v) is 2.31. The van der Waals surface area contributed by atoms with Gasteiger partial charge in [0.05, 0.1) is 6.42 Å². The molecule has 4 nitrogen and oxygen atoms in total. The van der Waals surface area contributed by atoms with E-state index in [2.05, 4.69) is 5.32 Å². The first-order valence-corrected chi connectivity index (χ1v) is 7.45. The largest absolute Gasteiger partial charge is 0.430 e. The summed E-state index contributed by atoms with van der Waals surface area (Å²) in [5.41, 5.74) is 0.186. The number of halogens is 6. The van der Waals surface area contributed by atoms with E-state index in [1.54, 1.807) is 24.3 Å². The van der Waals surface area contributed by atoms with Gasteiger partial charge in [-0.15, -0.1) is 0 Å². The highest BCUT2D eigenvalue weighted by Gasteiger charge is 2.71. The highest BCUT2D eigenvalue weighted by atomic mass is 19.4. The second-order valence-electron chi connectivity index (χ2n) is 5.75. The van der Waals surface area contributed by atoms with Crippen LogP contribution in [0.15, 0.2) is 48.5 Å². The van der Waals surface area contributed by atoms with E-state index in [0.717, 1.165) is 12.1 Å². The lowest BCUT2D eigenvalue weighted by Crippen LogP contribution is -2.53. The van der Waals surface area contributed by atoms with E-state index in [0.29, 0.717) is 23.4 Å². The molecule has 10 heteroatoms. The van der Waals surface area contributed by atoms with Crippen LogP contribution in [-0.2, 0) is 16.8 Å². The van der Waals surface area contributed by atoms with E-state index >= 15 is 0 Å². The predicted molar refractivity (Wildman–Crippen MR) is 85.6 cm³/mol. The van der Waals surface area contributed by atoms with E-state index < -0.39 is 29.4 Å². The topological polar surface area (TPSA) is 75.4 Å². The molecular weight excluding hydrogens is 378 g/mol. The number of hydrogen-bond acceptors (Lipinski definition) is 3. The summed E-state index contributed by atoms with van der Waals surface area (Å²) in [4.78, 5) is 11.9. The second kappa shape index (κ2) is 7.10. The molecule has 2 rings (SSSR count). The van der Waals surface area contributed by atoms with E-state index in [9.17, 15) is 36.2 Å². The number of anilines is 2. The third-order valence-corrected chi connectivity index (χ3v) is 3.75. The number of benzene rings is 2. The third-order valence-electron chi connectivity index (χ3n) is 3.75. The maximum Gasteiger partial charge on any atom is 0.430 e. The molecule has 27 heavy (non-hydrogen) atoms. The summed E-state index contributed by atoms with van der Waals surface area (Å²) in [5, 5.41) is 11.6. The lowest BCUT2D eigenvalue weighted by atomic mass is 9.92. The Bertz CT molecular complexity index is 784. The zero-order chi connectivity index (χ0) is 20.5. The van der Waals surface area contributed by atoms with E-state index in [4.69, 9.17) is 5.73 Å². The quantitative estimate of drug-likeness (QED) is 0.548. The van der Waals surface area contributed by atoms with Crippen molar-refractivity contribution in [2.24, 2.45) is 0 Å². The van der Waals surface area contributed by atoms with Crippen molar-refractivity contribution in [1.82, 2.24) is 0 Å². The van der Waals surface area contributed by atoms with Gasteiger partial charge in [0.2, 0.25) is 5.91 Å². The van der Waals surface area contributed by atoms with Gasteiger partial charge in [-0.05, 0) is 29.8 Å². The summed E-state index contributed by atoms with van der Waals surface area (Å²) in [7, 11) is 0. The van der Waals surface area contributed by atoms with Gasteiger partial charge in [-0.3, -0.25) is 4.79 Å². The van der Waals surface area contributed by atoms with Crippen molar-refractivity contribution in [3.63, 3.8) is 0 Å². The summed E-state index contributed by atoms with van der Waals surface area (Å²) in [5.74, 6) is -0.533. The van der Waals surface area contributed by atoms with Crippen molar-refractivity contribution in [3.8, 4) is 0 Å². The number of nitrogen functional groups attached to an aromatic ring is 1. The lowest BCUT2D eigenvalue weighted by Gasteiger charge is -2.32. The van der Waals surface area contributed by atoms with Crippen molar-refractivity contribution in [1.29, 1.82) is 0 Å². The molecule has 4 N–H and O–H groups in total. The van der Waals surface area contributed by atoms with Gasteiger partial charge in [0, 0.05) is 16.9 Å². The minimum atomic E-state index is -5.97. The van der Waals surface area contributed by atoms with Crippen molar-refractivity contribution in [3.05, 3.63) is 59.7 Å². The van der Waals surface area contributed by atoms with Crippen molar-refractivity contribution in [2.75, 3.05) is 11.1 Å². The SMILES string of the molecule is Nc1ccc(CC(=O)Nc2ccc(C(O)(C(F)(F)F)C(F)(F)F)cc2)cc1. The average molecular weight is 392 g/mol. The number of amides is 1.